The van der Waals surface area contributed by atoms with Crippen molar-refractivity contribution < 1.29 is 4.74 Å². The summed E-state index contributed by atoms with van der Waals surface area (Å²) in [5.41, 5.74) is 2.74. The van der Waals surface area contributed by atoms with Crippen molar-refractivity contribution in [3.8, 4) is 0 Å². The Balaban J connectivity index is 2.25. The highest BCUT2D eigenvalue weighted by atomic mass is 32.2. The molecule has 2 heterocycles. The van der Waals surface area contributed by atoms with E-state index in [9.17, 15) is 0 Å². The van der Waals surface area contributed by atoms with Gasteiger partial charge in [0.15, 0.2) is 5.16 Å². The molecule has 0 aliphatic rings. The normalized spacial score (nSPS) is 12.0. The van der Waals surface area contributed by atoms with E-state index in [4.69, 9.17) is 4.74 Å². The van der Waals surface area contributed by atoms with Gasteiger partial charge in [-0.1, -0.05) is 32.6 Å². The first kappa shape index (κ1) is 21.5. The average molecular weight is 398 g/mol. The molecule has 2 rings (SSSR count). The van der Waals surface area contributed by atoms with E-state index in [-0.39, 0.29) is 0 Å². The van der Waals surface area contributed by atoms with E-state index in [1.807, 2.05) is 41.9 Å². The zero-order valence-electron chi connectivity index (χ0n) is 16.9. The fourth-order valence-electron chi connectivity index (χ4n) is 2.46. The van der Waals surface area contributed by atoms with E-state index < -0.39 is 0 Å². The summed E-state index contributed by atoms with van der Waals surface area (Å²) in [7, 11) is 5.55. The Labute approximate surface area is 171 Å². The van der Waals surface area contributed by atoms with E-state index in [0.717, 1.165) is 40.1 Å². The third-order valence-electron chi connectivity index (χ3n) is 4.06. The molecule has 0 fully saturated rings. The molecule has 148 valence electrons. The van der Waals surface area contributed by atoms with E-state index in [1.54, 1.807) is 31.7 Å². The van der Waals surface area contributed by atoms with E-state index in [0.29, 0.717) is 5.88 Å². The summed E-state index contributed by atoms with van der Waals surface area (Å²) in [5.74, 6) is 0.529. The van der Waals surface area contributed by atoms with Crippen LogP contribution in [0.2, 0.25) is 0 Å². The van der Waals surface area contributed by atoms with E-state index in [2.05, 4.69) is 35.0 Å². The summed E-state index contributed by atoms with van der Waals surface area (Å²) in [4.78, 5) is 15.3. The van der Waals surface area contributed by atoms with Gasteiger partial charge in [0.05, 0.1) is 41.6 Å². The molecule has 7 heteroatoms. The Bertz CT molecular complexity index is 870. The third-order valence-corrected chi connectivity index (χ3v) is 5.15. The third kappa shape index (κ3) is 5.36. The van der Waals surface area contributed by atoms with Crippen LogP contribution in [0.5, 0.6) is 0 Å². The molecule has 0 spiro atoms. The predicted molar refractivity (Wildman–Crippen MR) is 118 cm³/mol. The van der Waals surface area contributed by atoms with Crippen molar-refractivity contribution in [2.24, 2.45) is 12.0 Å². The van der Waals surface area contributed by atoms with Crippen LogP contribution in [0.25, 0.3) is 5.70 Å². The van der Waals surface area contributed by atoms with Gasteiger partial charge in [-0.15, -0.1) is 0 Å². The molecule has 6 nitrogen and oxygen atoms in total. The smallest absolute Gasteiger partial charge is 0.213 e. The molecule has 0 unspecified atom stereocenters. The maximum Gasteiger partial charge on any atom is 0.213 e. The molecular weight excluding hydrogens is 370 g/mol. The van der Waals surface area contributed by atoms with Crippen LogP contribution in [0.15, 0.2) is 72.1 Å². The Kier molecular flexibility index (Phi) is 8.07. The van der Waals surface area contributed by atoms with Crippen LogP contribution in [-0.4, -0.2) is 33.7 Å². The first-order valence-electron chi connectivity index (χ1n) is 8.98. The number of anilines is 1. The monoisotopic (exact) mass is 397 g/mol. The van der Waals surface area contributed by atoms with E-state index in [1.165, 1.54) is 11.8 Å². The van der Waals surface area contributed by atoms with Gasteiger partial charge in [0, 0.05) is 20.3 Å². The largest absolute Gasteiger partial charge is 0.481 e. The first-order valence-corrected chi connectivity index (χ1v) is 9.80. The minimum Gasteiger partial charge on any atom is -0.481 e. The zero-order valence-corrected chi connectivity index (χ0v) is 17.7. The highest BCUT2D eigenvalue weighted by molar-refractivity contribution is 8.13. The molecule has 0 amide bonds. The summed E-state index contributed by atoms with van der Waals surface area (Å²) < 4.78 is 7.32. The molecule has 0 bridgehead atoms. The molecule has 0 N–H and O–H groups in total. The average Bonchev–Trinajstić information content (AvgIpc) is 3.07. The van der Waals surface area contributed by atoms with Crippen molar-refractivity contribution in [3.63, 3.8) is 0 Å². The molecule has 28 heavy (non-hydrogen) atoms. The summed E-state index contributed by atoms with van der Waals surface area (Å²) in [5, 5.41) is 1.78. The maximum absolute atomic E-state index is 5.29. The lowest BCUT2D eigenvalue weighted by Crippen LogP contribution is -2.16. The number of pyridine rings is 1. The lowest BCUT2D eigenvalue weighted by Gasteiger charge is -2.21. The summed E-state index contributed by atoms with van der Waals surface area (Å²) >= 11 is 1.53. The molecule has 2 aromatic rings. The van der Waals surface area contributed by atoms with Gasteiger partial charge in [-0.3, -0.25) is 4.98 Å². The van der Waals surface area contributed by atoms with Gasteiger partial charge in [-0.2, -0.15) is 0 Å². The molecule has 0 atom stereocenters. The maximum atomic E-state index is 5.29. The second-order valence-electron chi connectivity index (χ2n) is 6.00. The number of allylic oxidation sites excluding steroid dienone is 2. The van der Waals surface area contributed by atoms with Crippen molar-refractivity contribution in [1.29, 1.82) is 0 Å². The van der Waals surface area contributed by atoms with Crippen LogP contribution in [0.4, 0.5) is 5.69 Å². The van der Waals surface area contributed by atoms with Crippen LogP contribution < -0.4 is 4.90 Å². The van der Waals surface area contributed by atoms with Crippen LogP contribution >= 0.6 is 11.8 Å². The number of nitrogens with zero attached hydrogens (tertiary/aromatic N) is 5. The second-order valence-corrected chi connectivity index (χ2v) is 7.04. The van der Waals surface area contributed by atoms with Crippen molar-refractivity contribution in [3.05, 3.63) is 67.6 Å². The molecule has 0 radical (unpaired) electrons. The number of ether oxygens (including phenoxy) is 1. The van der Waals surface area contributed by atoms with E-state index >= 15 is 0 Å². The van der Waals surface area contributed by atoms with Gasteiger partial charge in [0.2, 0.25) is 5.88 Å². The van der Waals surface area contributed by atoms with Gasteiger partial charge in [-0.05, 0) is 36.4 Å². The molecule has 0 aliphatic carbocycles. The Hall–Kier alpha value is -2.80. The fourth-order valence-corrected chi connectivity index (χ4v) is 3.45. The lowest BCUT2D eigenvalue weighted by molar-refractivity contribution is 0.289. The highest BCUT2D eigenvalue weighted by Gasteiger charge is 2.16. The Morgan fingerprint density at radius 2 is 2.21 bits per heavy atom. The van der Waals surface area contributed by atoms with Crippen molar-refractivity contribution in [2.45, 2.75) is 24.9 Å². The number of aromatic nitrogens is 3. The van der Waals surface area contributed by atoms with Crippen LogP contribution in [-0.2, 0) is 11.8 Å². The Morgan fingerprint density at radius 1 is 1.43 bits per heavy atom. The second kappa shape index (κ2) is 10.5. The van der Waals surface area contributed by atoms with Crippen LogP contribution in [0.3, 0.4) is 0 Å². The molecule has 0 aromatic carbocycles. The van der Waals surface area contributed by atoms with Crippen molar-refractivity contribution >= 4 is 28.2 Å². The lowest BCUT2D eigenvalue weighted by atomic mass is 10.3. The number of imidazole rings is 1. The zero-order chi connectivity index (χ0) is 20.5. The summed E-state index contributed by atoms with van der Waals surface area (Å²) in [6, 6.07) is 3.90. The summed E-state index contributed by atoms with van der Waals surface area (Å²) in [6.07, 6.45) is 10.6. The molecule has 2 aromatic heterocycles. The quantitative estimate of drug-likeness (QED) is 0.198. The first-order chi connectivity index (χ1) is 13.5. The highest BCUT2D eigenvalue weighted by Crippen LogP contribution is 2.27. The van der Waals surface area contributed by atoms with Gasteiger partial charge >= 0.3 is 0 Å². The van der Waals surface area contributed by atoms with Gasteiger partial charge in [-0.25, -0.2) is 9.98 Å². The molecule has 0 saturated heterocycles. The fraction of sp³-hybridized carbons (Fsp3) is 0.286. The van der Waals surface area contributed by atoms with Crippen molar-refractivity contribution in [2.75, 3.05) is 19.1 Å². The minimum absolute atomic E-state index is 0.529. The standard InChI is InChI=1S/C21H27N5OS/c1-7-10-19(27-6)24-20(11-8-2)28-21-23-15-18(26(21)5)16(3)25(4)17-12-9-13-22-14-17/h7,9-10,12-15H,1,3,8,11H2,2,4-6H3/b19-10+,24-20+. The molecule has 0 saturated carbocycles. The number of rotatable bonds is 9. The van der Waals surface area contributed by atoms with Gasteiger partial charge in [0.1, 0.15) is 0 Å². The number of hydrogen-bond acceptors (Lipinski definition) is 6. The minimum atomic E-state index is 0.529. The van der Waals surface area contributed by atoms with Crippen molar-refractivity contribution in [1.82, 2.24) is 14.5 Å². The number of thioether (sulfide) groups is 1. The summed E-state index contributed by atoms with van der Waals surface area (Å²) in [6.45, 7) is 10.1. The van der Waals surface area contributed by atoms with Gasteiger partial charge < -0.3 is 14.2 Å². The number of aliphatic imine (C=N–C) groups is 1. The van der Waals surface area contributed by atoms with Gasteiger partial charge in [0.25, 0.3) is 0 Å². The molecular formula is C21H27N5OS. The predicted octanol–water partition coefficient (Wildman–Crippen LogP) is 4.89. The SMILES string of the molecule is C=C/C=C(\N=C(/CCC)Sc1ncc(C(=C)N(C)c2cccnc2)n1C)OC. The topological polar surface area (TPSA) is 55.5 Å². The Morgan fingerprint density at radius 3 is 2.82 bits per heavy atom. The van der Waals surface area contributed by atoms with Crippen LogP contribution in [0, 0.1) is 0 Å². The number of methoxy groups -OCH3 is 1. The number of hydrogen-bond donors (Lipinski definition) is 0. The van der Waals surface area contributed by atoms with Crippen LogP contribution in [0.1, 0.15) is 25.5 Å². The molecule has 0 aliphatic heterocycles.